The maximum Gasteiger partial charge on any atom is 0.0552 e. The molecule has 0 spiro atoms. The van der Waals surface area contributed by atoms with Gasteiger partial charge >= 0.3 is 0 Å². The molecule has 0 aromatic heterocycles. The Bertz CT molecular complexity index is 580. The van der Waals surface area contributed by atoms with Gasteiger partial charge in [-0.15, -0.1) is 0 Å². The van der Waals surface area contributed by atoms with Gasteiger partial charge in [0.25, 0.3) is 0 Å². The second kappa shape index (κ2) is 6.02. The minimum atomic E-state index is 0.759. The normalized spacial score (nSPS) is 15.8. The van der Waals surface area contributed by atoms with Crippen molar-refractivity contribution in [2.24, 2.45) is 0 Å². The number of para-hydroxylation sites is 2. The van der Waals surface area contributed by atoms with Crippen LogP contribution in [0.2, 0.25) is 0 Å². The van der Waals surface area contributed by atoms with E-state index < -0.39 is 0 Å². The highest BCUT2D eigenvalue weighted by atomic mass is 35.5. The van der Waals surface area contributed by atoms with E-state index in [2.05, 4.69) is 58.3 Å². The third-order valence-corrected chi connectivity index (χ3v) is 3.67. The topological polar surface area (TPSA) is 6.48 Å². The van der Waals surface area contributed by atoms with Gasteiger partial charge in [-0.1, -0.05) is 48.0 Å². The van der Waals surface area contributed by atoms with E-state index >= 15 is 0 Å². The molecule has 2 nitrogen and oxygen atoms in total. The van der Waals surface area contributed by atoms with Crippen molar-refractivity contribution in [3.05, 3.63) is 71.9 Å². The Morgan fingerprint density at radius 1 is 0.750 bits per heavy atom. The third kappa shape index (κ3) is 2.97. The van der Waals surface area contributed by atoms with Gasteiger partial charge in [0.05, 0.1) is 11.6 Å². The Morgan fingerprint density at radius 2 is 1.35 bits per heavy atom. The number of halogens is 1. The summed E-state index contributed by atoms with van der Waals surface area (Å²) in [5, 5.41) is 0.857. The third-order valence-electron chi connectivity index (χ3n) is 3.46. The first-order chi connectivity index (χ1) is 9.83. The number of nitrogens with zero attached hydrogens (tertiary/aromatic N) is 2. The lowest BCUT2D eigenvalue weighted by Crippen LogP contribution is -2.30. The minimum absolute atomic E-state index is 0.759. The predicted octanol–water partition coefficient (Wildman–Crippen LogP) is 4.09. The molecular formula is C17H17ClN2. The lowest BCUT2D eigenvalue weighted by molar-refractivity contribution is 0.843. The summed E-state index contributed by atoms with van der Waals surface area (Å²) in [5.74, 6) is 0. The largest absolute Gasteiger partial charge is 0.364 e. The van der Waals surface area contributed by atoms with Crippen molar-refractivity contribution < 1.29 is 0 Å². The lowest BCUT2D eigenvalue weighted by atomic mass is 10.3. The van der Waals surface area contributed by atoms with Crippen molar-refractivity contribution in [3.63, 3.8) is 0 Å². The van der Waals surface area contributed by atoms with Crippen molar-refractivity contribution in [1.29, 1.82) is 0 Å². The zero-order chi connectivity index (χ0) is 13.8. The summed E-state index contributed by atoms with van der Waals surface area (Å²) in [7, 11) is 0. The van der Waals surface area contributed by atoms with Gasteiger partial charge in [-0.05, 0) is 24.3 Å². The van der Waals surface area contributed by atoms with E-state index in [-0.39, 0.29) is 0 Å². The van der Waals surface area contributed by atoms with Crippen LogP contribution in [0.4, 0.5) is 11.4 Å². The first-order valence-corrected chi connectivity index (χ1v) is 7.18. The molecule has 0 fully saturated rings. The smallest absolute Gasteiger partial charge is 0.0552 e. The van der Waals surface area contributed by atoms with Crippen LogP contribution >= 0.6 is 11.6 Å². The molecule has 0 N–H and O–H groups in total. The van der Waals surface area contributed by atoms with Crippen LogP contribution in [0, 0.1) is 0 Å². The molecule has 0 unspecified atom stereocenters. The highest BCUT2D eigenvalue weighted by molar-refractivity contribution is 6.30. The molecule has 0 bridgehead atoms. The number of hydrogen-bond donors (Lipinski definition) is 0. The Labute approximate surface area is 124 Å². The van der Waals surface area contributed by atoms with E-state index in [9.17, 15) is 0 Å². The van der Waals surface area contributed by atoms with E-state index in [0.717, 1.165) is 24.7 Å². The molecule has 1 aliphatic heterocycles. The Balaban J connectivity index is 1.80. The van der Waals surface area contributed by atoms with E-state index in [1.807, 2.05) is 18.3 Å². The van der Waals surface area contributed by atoms with Gasteiger partial charge in [-0.2, -0.15) is 0 Å². The molecule has 0 saturated heterocycles. The van der Waals surface area contributed by atoms with Crippen molar-refractivity contribution in [2.75, 3.05) is 29.4 Å². The summed E-state index contributed by atoms with van der Waals surface area (Å²) < 4.78 is 0. The van der Waals surface area contributed by atoms with Crippen LogP contribution in [-0.4, -0.2) is 19.6 Å². The Hall–Kier alpha value is -1.93. The highest BCUT2D eigenvalue weighted by Gasteiger charge is 2.15. The quantitative estimate of drug-likeness (QED) is 0.819. The molecule has 3 rings (SSSR count). The van der Waals surface area contributed by atoms with Crippen molar-refractivity contribution >= 4 is 23.0 Å². The molecule has 0 saturated carbocycles. The first kappa shape index (κ1) is 13.1. The Morgan fingerprint density at radius 3 is 2.00 bits per heavy atom. The summed E-state index contributed by atoms with van der Waals surface area (Å²) in [6.45, 7) is 2.63. The van der Waals surface area contributed by atoms with E-state index in [0.29, 0.717) is 0 Å². The average Bonchev–Trinajstić information content (AvgIpc) is 2.71. The van der Waals surface area contributed by atoms with Crippen LogP contribution in [0.25, 0.3) is 0 Å². The number of anilines is 2. The molecule has 0 aliphatic carbocycles. The van der Waals surface area contributed by atoms with Gasteiger partial charge in [0, 0.05) is 30.7 Å². The van der Waals surface area contributed by atoms with Gasteiger partial charge in [0.15, 0.2) is 0 Å². The maximum absolute atomic E-state index is 6.39. The molecule has 0 atom stereocenters. The van der Waals surface area contributed by atoms with Crippen molar-refractivity contribution in [2.45, 2.75) is 0 Å². The number of rotatable bonds is 2. The van der Waals surface area contributed by atoms with Crippen molar-refractivity contribution in [1.82, 2.24) is 0 Å². The lowest BCUT2D eigenvalue weighted by Gasteiger charge is -2.24. The monoisotopic (exact) mass is 284 g/mol. The second-order valence-electron chi connectivity index (χ2n) is 4.86. The van der Waals surface area contributed by atoms with Crippen LogP contribution in [0.1, 0.15) is 0 Å². The van der Waals surface area contributed by atoms with Crippen LogP contribution in [0.15, 0.2) is 71.9 Å². The second-order valence-corrected chi connectivity index (χ2v) is 5.35. The zero-order valence-electron chi connectivity index (χ0n) is 11.2. The molecule has 0 radical (unpaired) electrons. The predicted molar refractivity (Wildman–Crippen MR) is 86.4 cm³/mol. The summed E-state index contributed by atoms with van der Waals surface area (Å²) in [6.07, 6.45) is 2.04. The Kier molecular flexibility index (Phi) is 3.93. The van der Waals surface area contributed by atoms with Crippen LogP contribution in [0.3, 0.4) is 0 Å². The van der Waals surface area contributed by atoms with Crippen LogP contribution < -0.4 is 9.80 Å². The summed E-state index contributed by atoms with van der Waals surface area (Å²) in [4.78, 5) is 4.52. The molecule has 1 heterocycles. The van der Waals surface area contributed by atoms with Gasteiger partial charge in [0.2, 0.25) is 0 Å². The van der Waals surface area contributed by atoms with Crippen LogP contribution in [-0.2, 0) is 0 Å². The molecule has 2 aromatic carbocycles. The fourth-order valence-corrected chi connectivity index (χ4v) is 2.71. The van der Waals surface area contributed by atoms with Crippen LogP contribution in [0.5, 0.6) is 0 Å². The molecule has 1 aliphatic rings. The minimum Gasteiger partial charge on any atom is -0.364 e. The van der Waals surface area contributed by atoms with E-state index in [4.69, 9.17) is 11.6 Å². The van der Waals surface area contributed by atoms with E-state index in [1.165, 1.54) is 11.4 Å². The van der Waals surface area contributed by atoms with Crippen molar-refractivity contribution in [3.8, 4) is 0 Å². The van der Waals surface area contributed by atoms with Gasteiger partial charge < -0.3 is 9.80 Å². The molecule has 3 heteroatoms. The molecule has 102 valence electrons. The summed E-state index contributed by atoms with van der Waals surface area (Å²) >= 11 is 6.39. The fourth-order valence-electron chi connectivity index (χ4n) is 2.45. The molecule has 2 aromatic rings. The van der Waals surface area contributed by atoms with Gasteiger partial charge in [-0.3, -0.25) is 0 Å². The molecular weight excluding hydrogens is 268 g/mol. The first-order valence-electron chi connectivity index (χ1n) is 6.81. The SMILES string of the molecule is ClC1=CN(c2ccccc2)CCN(c2ccccc2)C1. The molecule has 20 heavy (non-hydrogen) atoms. The summed E-state index contributed by atoms with van der Waals surface area (Å²) in [6, 6.07) is 20.8. The fraction of sp³-hybridized carbons (Fsp3) is 0.176. The standard InChI is InChI=1S/C17H17ClN2/c18-15-13-19(16-7-3-1-4-8-16)11-12-20(14-15)17-9-5-2-6-10-17/h1-10,13H,11-12,14H2. The van der Waals surface area contributed by atoms with Gasteiger partial charge in [0.1, 0.15) is 0 Å². The van der Waals surface area contributed by atoms with Gasteiger partial charge in [-0.25, -0.2) is 0 Å². The zero-order valence-corrected chi connectivity index (χ0v) is 12.0. The average molecular weight is 285 g/mol. The number of hydrogen-bond acceptors (Lipinski definition) is 2. The summed E-state index contributed by atoms with van der Waals surface area (Å²) in [5.41, 5.74) is 2.40. The maximum atomic E-state index is 6.39. The number of benzene rings is 2. The molecule has 0 amide bonds. The van der Waals surface area contributed by atoms with E-state index in [1.54, 1.807) is 0 Å². The highest BCUT2D eigenvalue weighted by Crippen LogP contribution is 2.22.